The number of nitrogens with one attached hydrogen (secondary N) is 1. The molecule has 2 heterocycles. The van der Waals surface area contributed by atoms with Crippen LogP contribution in [0.1, 0.15) is 30.5 Å². The van der Waals surface area contributed by atoms with Crippen molar-refractivity contribution in [1.82, 2.24) is 9.88 Å². The molecule has 5 nitrogen and oxygen atoms in total. The lowest BCUT2D eigenvalue weighted by molar-refractivity contribution is 0.219. The van der Waals surface area contributed by atoms with Gasteiger partial charge in [0.05, 0.1) is 5.69 Å². The molecule has 1 N–H and O–H groups in total. The maximum atomic E-state index is 12.6. The highest BCUT2D eigenvalue weighted by atomic mass is 16.3. The molecule has 2 atom stereocenters. The van der Waals surface area contributed by atoms with Crippen LogP contribution in [0.2, 0.25) is 0 Å². The lowest BCUT2D eigenvalue weighted by atomic mass is 10.0. The number of benzene rings is 1. The summed E-state index contributed by atoms with van der Waals surface area (Å²) in [4.78, 5) is 18.9. The van der Waals surface area contributed by atoms with Crippen molar-refractivity contribution >= 4 is 11.7 Å². The van der Waals surface area contributed by atoms with E-state index in [2.05, 4.69) is 10.3 Å². The predicted molar refractivity (Wildman–Crippen MR) is 92.8 cm³/mol. The summed E-state index contributed by atoms with van der Waals surface area (Å²) in [6.45, 7) is 5.71. The molecule has 1 aromatic carbocycles. The van der Waals surface area contributed by atoms with Gasteiger partial charge in [0.25, 0.3) is 0 Å². The van der Waals surface area contributed by atoms with Gasteiger partial charge in [-0.2, -0.15) is 0 Å². The van der Waals surface area contributed by atoms with Gasteiger partial charge < -0.3 is 14.6 Å². The van der Waals surface area contributed by atoms with Crippen molar-refractivity contribution in [2.24, 2.45) is 11.8 Å². The monoisotopic (exact) mass is 325 g/mol. The van der Waals surface area contributed by atoms with Crippen molar-refractivity contribution in [2.75, 3.05) is 18.4 Å². The van der Waals surface area contributed by atoms with Gasteiger partial charge in [0, 0.05) is 24.3 Å². The Bertz CT molecular complexity index is 756. The van der Waals surface area contributed by atoms with E-state index in [-0.39, 0.29) is 6.03 Å². The number of carbonyl (C=O) groups is 1. The quantitative estimate of drug-likeness (QED) is 0.899. The fourth-order valence-electron chi connectivity index (χ4n) is 4.01. The Morgan fingerprint density at radius 1 is 1.25 bits per heavy atom. The van der Waals surface area contributed by atoms with Gasteiger partial charge in [-0.1, -0.05) is 12.5 Å². The summed E-state index contributed by atoms with van der Waals surface area (Å²) in [5.74, 6) is 2.01. The van der Waals surface area contributed by atoms with Crippen LogP contribution in [0.5, 0.6) is 0 Å². The minimum Gasteiger partial charge on any atom is -0.444 e. The molecule has 1 saturated carbocycles. The van der Waals surface area contributed by atoms with Crippen LogP contribution in [0.3, 0.4) is 0 Å². The molecule has 24 heavy (non-hydrogen) atoms. The smallest absolute Gasteiger partial charge is 0.321 e. The highest BCUT2D eigenvalue weighted by molar-refractivity contribution is 5.90. The first-order valence-corrected chi connectivity index (χ1v) is 8.69. The molecule has 5 heteroatoms. The molecule has 4 rings (SSSR count). The number of hydrogen-bond donors (Lipinski definition) is 1. The Morgan fingerprint density at radius 2 is 2.00 bits per heavy atom. The van der Waals surface area contributed by atoms with Gasteiger partial charge in [0.1, 0.15) is 6.26 Å². The third-order valence-corrected chi connectivity index (χ3v) is 5.35. The second-order valence-corrected chi connectivity index (χ2v) is 7.11. The zero-order valence-corrected chi connectivity index (χ0v) is 14.2. The molecule has 2 amide bonds. The number of anilines is 1. The maximum absolute atomic E-state index is 12.6. The molecule has 126 valence electrons. The van der Waals surface area contributed by atoms with E-state index in [4.69, 9.17) is 4.42 Å². The first-order valence-electron chi connectivity index (χ1n) is 8.69. The first kappa shape index (κ1) is 15.2. The summed E-state index contributed by atoms with van der Waals surface area (Å²) in [5.41, 5.74) is 3.63. The van der Waals surface area contributed by atoms with Gasteiger partial charge in [-0.15, -0.1) is 0 Å². The van der Waals surface area contributed by atoms with Crippen molar-refractivity contribution < 1.29 is 9.21 Å². The summed E-state index contributed by atoms with van der Waals surface area (Å²) in [7, 11) is 0. The number of aromatic nitrogens is 1. The third-order valence-electron chi connectivity index (χ3n) is 5.35. The Hall–Kier alpha value is -2.30. The van der Waals surface area contributed by atoms with E-state index in [1.165, 1.54) is 19.3 Å². The number of aryl methyl sites for hydroxylation is 2. The van der Waals surface area contributed by atoms with E-state index in [9.17, 15) is 4.79 Å². The summed E-state index contributed by atoms with van der Waals surface area (Å²) in [6, 6.07) is 5.87. The van der Waals surface area contributed by atoms with Crippen molar-refractivity contribution in [3.05, 3.63) is 35.7 Å². The Labute approximate surface area is 142 Å². The lowest BCUT2D eigenvalue weighted by Gasteiger charge is -2.18. The van der Waals surface area contributed by atoms with Crippen LogP contribution in [0.15, 0.2) is 28.9 Å². The zero-order chi connectivity index (χ0) is 16.7. The molecule has 1 aliphatic heterocycles. The minimum absolute atomic E-state index is 0.00258. The molecule has 1 saturated heterocycles. The summed E-state index contributed by atoms with van der Waals surface area (Å²) < 4.78 is 5.51. The minimum atomic E-state index is 0.00258. The summed E-state index contributed by atoms with van der Waals surface area (Å²) in [6.07, 6.45) is 5.50. The van der Waals surface area contributed by atoms with Crippen molar-refractivity contribution in [3.63, 3.8) is 0 Å². The number of rotatable bonds is 2. The molecular weight excluding hydrogens is 302 g/mol. The number of urea groups is 1. The maximum Gasteiger partial charge on any atom is 0.321 e. The van der Waals surface area contributed by atoms with E-state index >= 15 is 0 Å². The average Bonchev–Trinajstić information content (AvgIpc) is 3.24. The van der Waals surface area contributed by atoms with Gasteiger partial charge in [-0.25, -0.2) is 9.78 Å². The van der Waals surface area contributed by atoms with Gasteiger partial charge >= 0.3 is 6.03 Å². The number of fused-ring (bicyclic) bond motifs is 1. The van der Waals surface area contributed by atoms with Crippen LogP contribution in [-0.2, 0) is 0 Å². The predicted octanol–water partition coefficient (Wildman–Crippen LogP) is 4.22. The van der Waals surface area contributed by atoms with Crippen LogP contribution < -0.4 is 5.32 Å². The summed E-state index contributed by atoms with van der Waals surface area (Å²) >= 11 is 0. The lowest BCUT2D eigenvalue weighted by Crippen LogP contribution is -2.33. The topological polar surface area (TPSA) is 58.4 Å². The van der Waals surface area contributed by atoms with Crippen molar-refractivity contribution in [1.29, 1.82) is 0 Å². The number of carbonyl (C=O) groups excluding carboxylic acids is 1. The summed E-state index contributed by atoms with van der Waals surface area (Å²) in [5, 5.41) is 3.03. The van der Waals surface area contributed by atoms with Gasteiger partial charge in [0.15, 0.2) is 0 Å². The largest absolute Gasteiger partial charge is 0.444 e. The number of likely N-dealkylation sites (tertiary alicyclic amines) is 1. The van der Waals surface area contributed by atoms with Crippen LogP contribution >= 0.6 is 0 Å². The number of amides is 2. The van der Waals surface area contributed by atoms with Crippen molar-refractivity contribution in [3.8, 4) is 11.5 Å². The molecule has 2 unspecified atom stereocenters. The number of nitrogens with zero attached hydrogens (tertiary/aromatic N) is 2. The van der Waals surface area contributed by atoms with Gasteiger partial charge in [-0.05, 0) is 56.2 Å². The normalized spacial score (nSPS) is 22.7. The second kappa shape index (κ2) is 5.96. The van der Waals surface area contributed by atoms with Gasteiger partial charge in [0.2, 0.25) is 5.89 Å². The van der Waals surface area contributed by atoms with E-state index in [1.807, 2.05) is 36.9 Å². The van der Waals surface area contributed by atoms with Crippen LogP contribution in [0.25, 0.3) is 11.5 Å². The second-order valence-electron chi connectivity index (χ2n) is 7.11. The van der Waals surface area contributed by atoms with Crippen LogP contribution in [-0.4, -0.2) is 29.0 Å². The average molecular weight is 325 g/mol. The van der Waals surface area contributed by atoms with Crippen LogP contribution in [0, 0.1) is 25.7 Å². The molecule has 1 aromatic heterocycles. The fourth-order valence-corrected chi connectivity index (χ4v) is 4.01. The van der Waals surface area contributed by atoms with E-state index in [0.717, 1.165) is 35.6 Å². The first-order chi connectivity index (χ1) is 11.6. The molecule has 0 bridgehead atoms. The molecule has 2 aliphatic rings. The van der Waals surface area contributed by atoms with Gasteiger partial charge in [-0.3, -0.25) is 0 Å². The third kappa shape index (κ3) is 2.79. The zero-order valence-electron chi connectivity index (χ0n) is 14.2. The molecular formula is C19H23N3O2. The Morgan fingerprint density at radius 3 is 2.67 bits per heavy atom. The van der Waals surface area contributed by atoms with Crippen LogP contribution in [0.4, 0.5) is 10.5 Å². The Kier molecular flexibility index (Phi) is 3.79. The molecule has 0 spiro atoms. The van der Waals surface area contributed by atoms with Crippen molar-refractivity contribution in [2.45, 2.75) is 33.1 Å². The standard InChI is InChI=1S/C19H23N3O2/c1-12-6-7-16(8-17(12)18-20-13(2)11-24-18)21-19(23)22-9-14-4-3-5-15(14)10-22/h6-8,11,14-15H,3-5,9-10H2,1-2H3,(H,21,23). The van der Waals surface area contributed by atoms with E-state index in [1.54, 1.807) is 6.26 Å². The fraction of sp³-hybridized carbons (Fsp3) is 0.474. The Balaban J connectivity index is 1.49. The number of oxazole rings is 1. The number of hydrogen-bond acceptors (Lipinski definition) is 3. The molecule has 1 aliphatic carbocycles. The van der Waals surface area contributed by atoms with E-state index in [0.29, 0.717) is 17.7 Å². The SMILES string of the molecule is Cc1coc(-c2cc(NC(=O)N3CC4CCCC4C3)ccc2C)n1. The molecule has 2 aromatic rings. The highest BCUT2D eigenvalue weighted by Crippen LogP contribution is 2.38. The molecule has 2 fully saturated rings. The highest BCUT2D eigenvalue weighted by Gasteiger charge is 2.38. The molecule has 0 radical (unpaired) electrons. The van der Waals surface area contributed by atoms with E-state index < -0.39 is 0 Å².